The van der Waals surface area contributed by atoms with Crippen molar-refractivity contribution in [3.05, 3.63) is 35.4 Å². The summed E-state index contributed by atoms with van der Waals surface area (Å²) in [6.45, 7) is 1.00. The zero-order valence-corrected chi connectivity index (χ0v) is 13.0. The number of carboxylic acids is 1. The number of nitrogens with zero attached hydrogens (tertiary/aromatic N) is 2. The van der Waals surface area contributed by atoms with E-state index in [9.17, 15) is 13.2 Å². The van der Waals surface area contributed by atoms with Crippen molar-refractivity contribution in [3.8, 4) is 0 Å². The molecule has 116 valence electrons. The Bertz CT molecular complexity index is 628. The Hall–Kier alpha value is -1.44. The van der Waals surface area contributed by atoms with Gasteiger partial charge in [-0.05, 0) is 36.5 Å². The minimum absolute atomic E-state index is 0.226. The summed E-state index contributed by atoms with van der Waals surface area (Å²) in [6.07, 6.45) is 1.49. The summed E-state index contributed by atoms with van der Waals surface area (Å²) in [5, 5.41) is 8.99. The fraction of sp³-hybridized carbons (Fsp3) is 0.500. The van der Waals surface area contributed by atoms with Crippen molar-refractivity contribution >= 4 is 16.2 Å². The highest BCUT2D eigenvalue weighted by Gasteiger charge is 2.32. The minimum Gasteiger partial charge on any atom is -0.478 e. The third-order valence-corrected chi connectivity index (χ3v) is 5.64. The molecule has 1 heterocycles. The largest absolute Gasteiger partial charge is 0.478 e. The van der Waals surface area contributed by atoms with Gasteiger partial charge in [0.25, 0.3) is 10.2 Å². The van der Waals surface area contributed by atoms with E-state index in [0.29, 0.717) is 19.5 Å². The number of carboxylic acid groups (broad SMARTS) is 1. The van der Waals surface area contributed by atoms with Crippen LogP contribution in [0.3, 0.4) is 0 Å². The molecule has 2 rings (SSSR count). The van der Waals surface area contributed by atoms with Crippen molar-refractivity contribution in [2.45, 2.75) is 12.8 Å². The van der Waals surface area contributed by atoms with E-state index in [1.807, 2.05) is 6.07 Å². The molecule has 6 nitrogen and oxygen atoms in total. The molecule has 0 aliphatic carbocycles. The van der Waals surface area contributed by atoms with Crippen LogP contribution in [0.1, 0.15) is 22.3 Å². The molecule has 0 saturated carbocycles. The molecule has 1 aromatic rings. The topological polar surface area (TPSA) is 77.9 Å². The first-order chi connectivity index (χ1) is 9.80. The van der Waals surface area contributed by atoms with Gasteiger partial charge in [0.15, 0.2) is 0 Å². The second kappa shape index (κ2) is 6.13. The Kier molecular flexibility index (Phi) is 4.65. The van der Waals surface area contributed by atoms with Crippen LogP contribution in [0.2, 0.25) is 0 Å². The number of carbonyl (C=O) groups is 1. The zero-order chi connectivity index (χ0) is 15.6. The maximum Gasteiger partial charge on any atom is 0.335 e. The van der Waals surface area contributed by atoms with Crippen molar-refractivity contribution in [2.24, 2.45) is 5.92 Å². The fourth-order valence-corrected chi connectivity index (χ4v) is 3.77. The molecule has 1 aliphatic rings. The van der Waals surface area contributed by atoms with Crippen LogP contribution < -0.4 is 0 Å². The van der Waals surface area contributed by atoms with Gasteiger partial charge in [0.2, 0.25) is 0 Å². The predicted molar refractivity (Wildman–Crippen MR) is 79.4 cm³/mol. The number of hydrogen-bond donors (Lipinski definition) is 1. The smallest absolute Gasteiger partial charge is 0.335 e. The Morgan fingerprint density at radius 3 is 2.76 bits per heavy atom. The molecule has 0 bridgehead atoms. The highest BCUT2D eigenvalue weighted by Crippen LogP contribution is 2.24. The highest BCUT2D eigenvalue weighted by atomic mass is 32.2. The van der Waals surface area contributed by atoms with Gasteiger partial charge in [0.05, 0.1) is 5.56 Å². The fourth-order valence-electron chi connectivity index (χ4n) is 2.57. The Labute approximate surface area is 125 Å². The molecule has 1 saturated heterocycles. The van der Waals surface area contributed by atoms with E-state index in [4.69, 9.17) is 5.11 Å². The summed E-state index contributed by atoms with van der Waals surface area (Å²) in [4.78, 5) is 11.0. The Morgan fingerprint density at radius 2 is 2.14 bits per heavy atom. The van der Waals surface area contributed by atoms with E-state index in [1.165, 1.54) is 22.7 Å². The number of hydrogen-bond acceptors (Lipinski definition) is 3. The molecule has 7 heteroatoms. The second-order valence-corrected chi connectivity index (χ2v) is 7.65. The van der Waals surface area contributed by atoms with E-state index in [2.05, 4.69) is 0 Å². The molecule has 1 N–H and O–H groups in total. The maximum atomic E-state index is 12.0. The molecule has 1 aromatic carbocycles. The van der Waals surface area contributed by atoms with Crippen LogP contribution in [0.4, 0.5) is 0 Å². The monoisotopic (exact) mass is 312 g/mol. The number of rotatable bonds is 5. The summed E-state index contributed by atoms with van der Waals surface area (Å²) in [5.41, 5.74) is 1.20. The summed E-state index contributed by atoms with van der Waals surface area (Å²) >= 11 is 0. The van der Waals surface area contributed by atoms with E-state index in [-0.39, 0.29) is 11.5 Å². The third-order valence-electron chi connectivity index (χ3n) is 3.73. The van der Waals surface area contributed by atoms with E-state index < -0.39 is 16.2 Å². The van der Waals surface area contributed by atoms with Gasteiger partial charge in [-0.1, -0.05) is 12.1 Å². The molecule has 0 amide bonds. The number of aromatic carboxylic acids is 1. The normalized spacial score (nSPS) is 20.0. The summed E-state index contributed by atoms with van der Waals surface area (Å²) in [7, 11) is -0.297. The lowest BCUT2D eigenvalue weighted by molar-refractivity contribution is 0.0696. The van der Waals surface area contributed by atoms with Gasteiger partial charge in [0, 0.05) is 27.2 Å². The van der Waals surface area contributed by atoms with Crippen LogP contribution in [0.15, 0.2) is 24.3 Å². The lowest BCUT2D eigenvalue weighted by Crippen LogP contribution is -2.38. The van der Waals surface area contributed by atoms with Gasteiger partial charge >= 0.3 is 5.97 Å². The molecule has 1 atom stereocenters. The van der Waals surface area contributed by atoms with Crippen LogP contribution in [0, 0.1) is 5.92 Å². The second-order valence-electron chi connectivity index (χ2n) is 5.51. The standard InChI is InChI=1S/C14H20N2O4S/c1-15(2)21(19,20)16-7-6-12(10-16)8-11-4-3-5-13(9-11)14(17)18/h3-5,9,12H,6-8,10H2,1-2H3,(H,17,18)/t12-/m0/s1. The van der Waals surface area contributed by atoms with Crippen LogP contribution >= 0.6 is 0 Å². The molecule has 0 unspecified atom stereocenters. The first kappa shape index (κ1) is 15.9. The summed E-state index contributed by atoms with van der Waals surface area (Å²) in [5.74, 6) is -0.719. The average molecular weight is 312 g/mol. The van der Waals surface area contributed by atoms with Crippen molar-refractivity contribution in [2.75, 3.05) is 27.2 Å². The van der Waals surface area contributed by atoms with Gasteiger partial charge in [-0.15, -0.1) is 0 Å². The molecule has 0 aromatic heterocycles. The van der Waals surface area contributed by atoms with E-state index >= 15 is 0 Å². The first-order valence-electron chi connectivity index (χ1n) is 6.80. The molecule has 21 heavy (non-hydrogen) atoms. The maximum absolute atomic E-state index is 12.0. The Balaban J connectivity index is 2.03. The molecular weight excluding hydrogens is 292 g/mol. The molecule has 1 fully saturated rings. The molecule has 0 radical (unpaired) electrons. The summed E-state index contributed by atoms with van der Waals surface area (Å²) < 4.78 is 26.8. The van der Waals surface area contributed by atoms with Gasteiger partial charge in [-0.25, -0.2) is 4.79 Å². The zero-order valence-electron chi connectivity index (χ0n) is 12.2. The molecule has 0 spiro atoms. The minimum atomic E-state index is -3.35. The third kappa shape index (κ3) is 3.61. The SMILES string of the molecule is CN(C)S(=O)(=O)N1CC[C@@H](Cc2cccc(C(=O)O)c2)C1. The van der Waals surface area contributed by atoms with Crippen LogP contribution in [0.5, 0.6) is 0 Å². The van der Waals surface area contributed by atoms with Gasteiger partial charge in [0.1, 0.15) is 0 Å². The van der Waals surface area contributed by atoms with E-state index in [1.54, 1.807) is 18.2 Å². The number of benzene rings is 1. The predicted octanol–water partition coefficient (Wildman–Crippen LogP) is 1.06. The summed E-state index contributed by atoms with van der Waals surface area (Å²) in [6, 6.07) is 6.83. The molecule has 1 aliphatic heterocycles. The highest BCUT2D eigenvalue weighted by molar-refractivity contribution is 7.86. The van der Waals surface area contributed by atoms with Crippen molar-refractivity contribution in [3.63, 3.8) is 0 Å². The first-order valence-corrected chi connectivity index (χ1v) is 8.20. The Morgan fingerprint density at radius 1 is 1.43 bits per heavy atom. The van der Waals surface area contributed by atoms with Crippen molar-refractivity contribution < 1.29 is 18.3 Å². The van der Waals surface area contributed by atoms with Gasteiger partial charge in [-0.2, -0.15) is 17.0 Å². The molecular formula is C14H20N2O4S. The van der Waals surface area contributed by atoms with Gasteiger partial charge < -0.3 is 5.11 Å². The van der Waals surface area contributed by atoms with E-state index in [0.717, 1.165) is 12.0 Å². The van der Waals surface area contributed by atoms with Crippen LogP contribution in [0.25, 0.3) is 0 Å². The quantitative estimate of drug-likeness (QED) is 0.882. The van der Waals surface area contributed by atoms with Crippen LogP contribution in [-0.4, -0.2) is 55.3 Å². The van der Waals surface area contributed by atoms with Crippen molar-refractivity contribution in [1.82, 2.24) is 8.61 Å². The lowest BCUT2D eigenvalue weighted by Gasteiger charge is -2.20. The van der Waals surface area contributed by atoms with Crippen LogP contribution in [-0.2, 0) is 16.6 Å². The average Bonchev–Trinajstić information content (AvgIpc) is 2.88. The van der Waals surface area contributed by atoms with Gasteiger partial charge in [-0.3, -0.25) is 0 Å². The lowest BCUT2D eigenvalue weighted by atomic mass is 9.97. The van der Waals surface area contributed by atoms with Crippen molar-refractivity contribution in [1.29, 1.82) is 0 Å².